The van der Waals surface area contributed by atoms with E-state index in [1.807, 2.05) is 0 Å². The number of benzene rings is 1. The van der Waals surface area contributed by atoms with Crippen molar-refractivity contribution in [3.63, 3.8) is 0 Å². The molecule has 1 amide bonds. The largest absolute Gasteiger partial charge is 0.368 e. The van der Waals surface area contributed by atoms with E-state index in [1.165, 1.54) is 18.2 Å². The Hall–Kier alpha value is -1.33. The minimum Gasteiger partial charge on any atom is -0.368 e. The van der Waals surface area contributed by atoms with Gasteiger partial charge in [-0.05, 0) is 12.0 Å². The van der Waals surface area contributed by atoms with Gasteiger partial charge in [-0.3, -0.25) is 14.9 Å². The number of nitrogens with two attached hydrogens (primary N) is 1. The summed E-state index contributed by atoms with van der Waals surface area (Å²) in [6.07, 6.45) is 0.147. The second-order valence-corrected chi connectivity index (χ2v) is 4.04. The summed E-state index contributed by atoms with van der Waals surface area (Å²) >= 11 is 11.5. The number of carbonyl (C=O) groups excluding carboxylic acids is 1. The van der Waals surface area contributed by atoms with Gasteiger partial charge in [-0.25, -0.2) is 0 Å². The third kappa shape index (κ3) is 3.08. The molecule has 1 atom stereocenters. The van der Waals surface area contributed by atoms with Gasteiger partial charge in [0.25, 0.3) is 5.69 Å². The van der Waals surface area contributed by atoms with E-state index >= 15 is 0 Å². The summed E-state index contributed by atoms with van der Waals surface area (Å²) in [5, 5.41) is 9.76. The molecule has 1 aromatic rings. The lowest BCUT2D eigenvalue weighted by atomic mass is 10.1. The number of rotatable bonds is 4. The molecule has 7 heteroatoms. The summed E-state index contributed by atoms with van der Waals surface area (Å²) in [5.41, 5.74) is 5.43. The van der Waals surface area contributed by atoms with Crippen LogP contribution in [0.4, 0.5) is 5.69 Å². The average Bonchev–Trinajstić information content (AvgIpc) is 2.20. The zero-order valence-corrected chi connectivity index (χ0v) is 9.53. The highest BCUT2D eigenvalue weighted by atomic mass is 35.5. The van der Waals surface area contributed by atoms with Crippen molar-refractivity contribution in [3.8, 4) is 0 Å². The van der Waals surface area contributed by atoms with Gasteiger partial charge in [0.15, 0.2) is 0 Å². The molecule has 1 aromatic carbocycles. The fourth-order valence-corrected chi connectivity index (χ4v) is 1.53. The fraction of sp³-hybridized carbons (Fsp3) is 0.222. The zero-order valence-electron chi connectivity index (χ0n) is 8.02. The van der Waals surface area contributed by atoms with Crippen LogP contribution in [0.3, 0.4) is 0 Å². The van der Waals surface area contributed by atoms with E-state index in [-0.39, 0.29) is 17.1 Å². The van der Waals surface area contributed by atoms with Crippen LogP contribution in [0.15, 0.2) is 18.2 Å². The first-order valence-corrected chi connectivity index (χ1v) is 5.09. The van der Waals surface area contributed by atoms with Crippen LogP contribution in [0, 0.1) is 10.1 Å². The molecule has 0 spiro atoms. The van der Waals surface area contributed by atoms with Crippen LogP contribution in [0.2, 0.25) is 5.02 Å². The third-order valence-corrected chi connectivity index (χ3v) is 2.68. The van der Waals surface area contributed by atoms with Crippen molar-refractivity contribution in [2.75, 3.05) is 0 Å². The van der Waals surface area contributed by atoms with Gasteiger partial charge in [0.1, 0.15) is 5.38 Å². The minimum absolute atomic E-state index is 0.112. The standard InChI is InChI=1S/C9H8Cl2N2O3/c10-7-4-6(13(15)16)2-1-5(7)3-8(11)9(12)14/h1-2,4,8H,3H2,(H2,12,14). The van der Waals surface area contributed by atoms with Crippen molar-refractivity contribution in [1.82, 2.24) is 0 Å². The molecule has 0 bridgehead atoms. The normalized spacial score (nSPS) is 12.1. The highest BCUT2D eigenvalue weighted by Crippen LogP contribution is 2.24. The summed E-state index contributed by atoms with van der Waals surface area (Å²) in [6, 6.07) is 3.96. The monoisotopic (exact) mass is 262 g/mol. The maximum absolute atomic E-state index is 10.7. The first-order chi connectivity index (χ1) is 7.41. The number of halogens is 2. The van der Waals surface area contributed by atoms with Gasteiger partial charge >= 0.3 is 0 Å². The molecule has 0 saturated carbocycles. The summed E-state index contributed by atoms with van der Waals surface area (Å²) in [5.74, 6) is -0.656. The number of nitro groups is 1. The number of nitro benzene ring substituents is 1. The van der Waals surface area contributed by atoms with Gasteiger partial charge < -0.3 is 5.73 Å². The van der Waals surface area contributed by atoms with Crippen molar-refractivity contribution in [2.45, 2.75) is 11.8 Å². The highest BCUT2D eigenvalue weighted by Gasteiger charge is 2.16. The molecule has 86 valence electrons. The number of non-ortho nitro benzene ring substituents is 1. The molecule has 16 heavy (non-hydrogen) atoms. The topological polar surface area (TPSA) is 86.2 Å². The Morgan fingerprint density at radius 3 is 2.62 bits per heavy atom. The molecule has 1 unspecified atom stereocenters. The molecule has 1 rings (SSSR count). The van der Waals surface area contributed by atoms with E-state index in [9.17, 15) is 14.9 Å². The Morgan fingerprint density at radius 2 is 2.19 bits per heavy atom. The predicted molar refractivity (Wildman–Crippen MR) is 60.6 cm³/mol. The van der Waals surface area contributed by atoms with E-state index in [0.717, 1.165) is 0 Å². The fourth-order valence-electron chi connectivity index (χ4n) is 1.11. The Labute approximate surface area is 101 Å². The Morgan fingerprint density at radius 1 is 1.56 bits per heavy atom. The first-order valence-electron chi connectivity index (χ1n) is 4.28. The van der Waals surface area contributed by atoms with Crippen molar-refractivity contribution < 1.29 is 9.72 Å². The number of nitrogens with zero attached hydrogens (tertiary/aromatic N) is 1. The van der Waals surface area contributed by atoms with Crippen LogP contribution in [-0.4, -0.2) is 16.2 Å². The Kier molecular flexibility index (Phi) is 4.09. The van der Waals surface area contributed by atoms with Gasteiger partial charge in [-0.15, -0.1) is 11.6 Å². The summed E-state index contributed by atoms with van der Waals surface area (Å²) in [7, 11) is 0. The molecular weight excluding hydrogens is 255 g/mol. The van der Waals surface area contributed by atoms with Crippen molar-refractivity contribution in [1.29, 1.82) is 0 Å². The number of carbonyl (C=O) groups is 1. The van der Waals surface area contributed by atoms with E-state index in [2.05, 4.69) is 0 Å². The molecule has 5 nitrogen and oxygen atoms in total. The smallest absolute Gasteiger partial charge is 0.270 e. The van der Waals surface area contributed by atoms with Gasteiger partial charge in [0.2, 0.25) is 5.91 Å². The van der Waals surface area contributed by atoms with E-state index < -0.39 is 16.2 Å². The quantitative estimate of drug-likeness (QED) is 0.511. The molecule has 0 radical (unpaired) electrons. The molecular formula is C9H8Cl2N2O3. The van der Waals surface area contributed by atoms with E-state index in [1.54, 1.807) is 0 Å². The van der Waals surface area contributed by atoms with E-state index in [4.69, 9.17) is 28.9 Å². The van der Waals surface area contributed by atoms with Gasteiger partial charge in [-0.2, -0.15) is 0 Å². The number of primary amides is 1. The summed E-state index contributed by atoms with van der Waals surface area (Å²) < 4.78 is 0. The average molecular weight is 263 g/mol. The Bertz CT molecular complexity index is 437. The Balaban J connectivity index is 2.91. The first kappa shape index (κ1) is 12.7. The molecule has 0 aliphatic heterocycles. The van der Waals surface area contributed by atoms with Crippen LogP contribution in [-0.2, 0) is 11.2 Å². The molecule has 0 fully saturated rings. The van der Waals surface area contributed by atoms with Crippen molar-refractivity contribution >= 4 is 34.8 Å². The number of alkyl halides is 1. The molecule has 0 heterocycles. The SMILES string of the molecule is NC(=O)C(Cl)Cc1ccc([N+](=O)[O-])cc1Cl. The maximum atomic E-state index is 10.7. The van der Waals surface area contributed by atoms with Crippen LogP contribution in [0.5, 0.6) is 0 Å². The number of hydrogen-bond acceptors (Lipinski definition) is 3. The molecule has 0 aromatic heterocycles. The zero-order chi connectivity index (χ0) is 12.3. The molecule has 0 aliphatic carbocycles. The summed E-state index contributed by atoms with van der Waals surface area (Å²) in [4.78, 5) is 20.6. The maximum Gasteiger partial charge on any atom is 0.270 e. The molecule has 2 N–H and O–H groups in total. The van der Waals surface area contributed by atoms with Crippen LogP contribution < -0.4 is 5.73 Å². The lowest BCUT2D eigenvalue weighted by Crippen LogP contribution is -2.25. The van der Waals surface area contributed by atoms with Crippen molar-refractivity contribution in [2.24, 2.45) is 5.73 Å². The predicted octanol–water partition coefficient (Wildman–Crippen LogP) is 1.88. The summed E-state index contributed by atoms with van der Waals surface area (Å²) in [6.45, 7) is 0. The van der Waals surface area contributed by atoms with Crippen LogP contribution >= 0.6 is 23.2 Å². The van der Waals surface area contributed by atoms with Gasteiger partial charge in [0.05, 0.1) is 9.95 Å². The second kappa shape index (κ2) is 5.14. The highest BCUT2D eigenvalue weighted by molar-refractivity contribution is 6.32. The second-order valence-electron chi connectivity index (χ2n) is 3.11. The lowest BCUT2D eigenvalue weighted by Gasteiger charge is -2.06. The van der Waals surface area contributed by atoms with Crippen LogP contribution in [0.25, 0.3) is 0 Å². The minimum atomic E-state index is -0.876. The lowest BCUT2D eigenvalue weighted by molar-refractivity contribution is -0.384. The van der Waals surface area contributed by atoms with Gasteiger partial charge in [0, 0.05) is 12.1 Å². The van der Waals surface area contributed by atoms with Crippen molar-refractivity contribution in [3.05, 3.63) is 38.9 Å². The molecule has 0 aliphatic rings. The van der Waals surface area contributed by atoms with Crippen LogP contribution in [0.1, 0.15) is 5.56 Å². The third-order valence-electron chi connectivity index (χ3n) is 1.96. The number of hydrogen-bond donors (Lipinski definition) is 1. The molecule has 0 saturated heterocycles. The van der Waals surface area contributed by atoms with E-state index in [0.29, 0.717) is 5.56 Å². The number of amides is 1. The van der Waals surface area contributed by atoms with Gasteiger partial charge in [-0.1, -0.05) is 17.7 Å².